The van der Waals surface area contributed by atoms with Crippen molar-refractivity contribution < 1.29 is 9.90 Å². The van der Waals surface area contributed by atoms with E-state index in [9.17, 15) is 9.90 Å². The Labute approximate surface area is 135 Å². The molecule has 1 aliphatic heterocycles. The van der Waals surface area contributed by atoms with Gasteiger partial charge in [-0.25, -0.2) is 9.97 Å². The van der Waals surface area contributed by atoms with E-state index in [0.717, 1.165) is 19.5 Å². The van der Waals surface area contributed by atoms with Crippen LogP contribution in [0.1, 0.15) is 27.4 Å². The van der Waals surface area contributed by atoms with Crippen LogP contribution < -0.4 is 5.73 Å². The van der Waals surface area contributed by atoms with Gasteiger partial charge in [0.15, 0.2) is 0 Å². The van der Waals surface area contributed by atoms with Crippen molar-refractivity contribution in [3.63, 3.8) is 0 Å². The molecule has 0 fully saturated rings. The number of primary amides is 1. The van der Waals surface area contributed by atoms with Crippen LogP contribution in [0.3, 0.4) is 0 Å². The number of aromatic nitrogens is 2. The summed E-state index contributed by atoms with van der Waals surface area (Å²) in [6.45, 7) is 2.32. The fourth-order valence-electron chi connectivity index (χ4n) is 2.92. The topological polar surface area (TPSA) is 92.3 Å². The van der Waals surface area contributed by atoms with Crippen molar-refractivity contribution in [1.29, 1.82) is 0 Å². The second-order valence-electron chi connectivity index (χ2n) is 5.83. The second kappa shape index (κ2) is 6.85. The van der Waals surface area contributed by atoms with E-state index in [2.05, 4.69) is 33.1 Å². The number of rotatable bonds is 5. The van der Waals surface area contributed by atoms with Crippen molar-refractivity contribution in [1.82, 2.24) is 14.9 Å². The molecule has 1 aromatic heterocycles. The lowest BCUT2D eigenvalue weighted by molar-refractivity contribution is 0.0987. The summed E-state index contributed by atoms with van der Waals surface area (Å²) in [6.07, 6.45) is 2.21. The predicted molar refractivity (Wildman–Crippen MR) is 85.7 cm³/mol. The van der Waals surface area contributed by atoms with Gasteiger partial charge in [-0.05, 0) is 23.6 Å². The largest absolute Gasteiger partial charge is 0.391 e. The van der Waals surface area contributed by atoms with E-state index in [-0.39, 0.29) is 5.69 Å². The molecular formula is C17H20N4O2. The minimum Gasteiger partial charge on any atom is -0.391 e. The number of β-amino-alcohol motifs (C(OH)–C–C–N with tert-alkyl or cyclic N) is 1. The highest BCUT2D eigenvalue weighted by molar-refractivity contribution is 5.90. The summed E-state index contributed by atoms with van der Waals surface area (Å²) in [5.41, 5.74) is 8.09. The van der Waals surface area contributed by atoms with Crippen LogP contribution >= 0.6 is 0 Å². The predicted octanol–water partition coefficient (Wildman–Crippen LogP) is 0.537. The van der Waals surface area contributed by atoms with Crippen LogP contribution in [-0.2, 0) is 19.4 Å². The maximum absolute atomic E-state index is 11.1. The molecule has 120 valence electrons. The lowest BCUT2D eigenvalue weighted by Gasteiger charge is -2.30. The zero-order valence-electron chi connectivity index (χ0n) is 12.9. The number of carbonyl (C=O) groups excluding carboxylic acids is 1. The molecular weight excluding hydrogens is 292 g/mol. The Hall–Kier alpha value is -2.31. The maximum atomic E-state index is 11.1. The van der Waals surface area contributed by atoms with Gasteiger partial charge in [-0.2, -0.15) is 0 Å². The molecule has 0 saturated heterocycles. The number of hydrogen-bond acceptors (Lipinski definition) is 5. The average molecular weight is 312 g/mol. The van der Waals surface area contributed by atoms with E-state index in [4.69, 9.17) is 5.73 Å². The van der Waals surface area contributed by atoms with E-state index in [0.29, 0.717) is 18.8 Å². The number of nitrogens with zero attached hydrogens (tertiary/aromatic N) is 3. The van der Waals surface area contributed by atoms with Crippen LogP contribution in [0.15, 0.2) is 36.5 Å². The number of amides is 1. The van der Waals surface area contributed by atoms with E-state index < -0.39 is 12.0 Å². The quantitative estimate of drug-likeness (QED) is 0.840. The van der Waals surface area contributed by atoms with Crippen molar-refractivity contribution in [3.05, 3.63) is 59.2 Å². The molecule has 1 amide bonds. The molecule has 1 aromatic carbocycles. The fraction of sp³-hybridized carbons (Fsp3) is 0.353. The normalized spacial score (nSPS) is 15.9. The Kier molecular flexibility index (Phi) is 4.64. The third kappa shape index (κ3) is 3.91. The third-order valence-corrected chi connectivity index (χ3v) is 4.05. The number of benzene rings is 1. The summed E-state index contributed by atoms with van der Waals surface area (Å²) in [5, 5.41) is 10.3. The number of hydrogen-bond donors (Lipinski definition) is 2. The molecule has 0 radical (unpaired) electrons. The van der Waals surface area contributed by atoms with Gasteiger partial charge in [-0.1, -0.05) is 24.3 Å². The summed E-state index contributed by atoms with van der Waals surface area (Å²) < 4.78 is 0. The first-order valence-corrected chi connectivity index (χ1v) is 7.71. The first kappa shape index (κ1) is 15.6. The van der Waals surface area contributed by atoms with Gasteiger partial charge in [0.2, 0.25) is 0 Å². The van der Waals surface area contributed by atoms with Gasteiger partial charge in [-0.15, -0.1) is 0 Å². The van der Waals surface area contributed by atoms with Crippen LogP contribution in [0.25, 0.3) is 0 Å². The molecule has 0 aliphatic carbocycles. The number of carbonyl (C=O) groups is 1. The van der Waals surface area contributed by atoms with Crippen LogP contribution in [0, 0.1) is 0 Å². The van der Waals surface area contributed by atoms with Crippen molar-refractivity contribution >= 4 is 5.91 Å². The molecule has 0 saturated carbocycles. The van der Waals surface area contributed by atoms with Gasteiger partial charge < -0.3 is 10.8 Å². The molecule has 1 atom stereocenters. The second-order valence-corrected chi connectivity index (χ2v) is 5.83. The first-order chi connectivity index (χ1) is 11.1. The summed E-state index contributed by atoms with van der Waals surface area (Å²) in [5.74, 6) is -0.151. The fourth-order valence-corrected chi connectivity index (χ4v) is 2.92. The standard InChI is InChI=1S/C17H20N4O2/c18-17(23)15-5-7-19-16(20-15)9-14(22)11-21-8-6-12-3-1-2-4-13(12)10-21/h1-5,7,14,22H,6,8-11H2,(H2,18,23)/t14-/m1/s1. The van der Waals surface area contributed by atoms with Gasteiger partial charge in [0.25, 0.3) is 5.91 Å². The third-order valence-electron chi connectivity index (χ3n) is 4.05. The minimum absolute atomic E-state index is 0.175. The molecule has 3 N–H and O–H groups in total. The van der Waals surface area contributed by atoms with Crippen molar-refractivity contribution in [2.75, 3.05) is 13.1 Å². The monoisotopic (exact) mass is 312 g/mol. The summed E-state index contributed by atoms with van der Waals surface area (Å²) in [4.78, 5) is 21.5. The SMILES string of the molecule is NC(=O)c1ccnc(C[C@@H](O)CN2CCc3ccccc3C2)n1. The number of fused-ring (bicyclic) bond motifs is 1. The van der Waals surface area contributed by atoms with Crippen LogP contribution in [0.5, 0.6) is 0 Å². The van der Waals surface area contributed by atoms with Crippen molar-refractivity contribution in [2.45, 2.75) is 25.5 Å². The van der Waals surface area contributed by atoms with E-state index in [1.54, 1.807) is 0 Å². The highest BCUT2D eigenvalue weighted by atomic mass is 16.3. The number of aliphatic hydroxyl groups excluding tert-OH is 1. The summed E-state index contributed by atoms with van der Waals surface area (Å²) in [7, 11) is 0. The summed E-state index contributed by atoms with van der Waals surface area (Å²) in [6, 6.07) is 9.87. The maximum Gasteiger partial charge on any atom is 0.267 e. The van der Waals surface area contributed by atoms with Crippen LogP contribution in [0.4, 0.5) is 0 Å². The zero-order valence-corrected chi connectivity index (χ0v) is 12.9. The van der Waals surface area contributed by atoms with E-state index in [1.807, 2.05) is 6.07 Å². The molecule has 6 nitrogen and oxygen atoms in total. The van der Waals surface area contributed by atoms with E-state index >= 15 is 0 Å². The highest BCUT2D eigenvalue weighted by Gasteiger charge is 2.19. The Morgan fingerprint density at radius 3 is 2.87 bits per heavy atom. The molecule has 0 unspecified atom stereocenters. The molecule has 3 rings (SSSR count). The molecule has 2 heterocycles. The molecule has 0 spiro atoms. The molecule has 23 heavy (non-hydrogen) atoms. The number of nitrogens with two attached hydrogens (primary N) is 1. The first-order valence-electron chi connectivity index (χ1n) is 7.71. The van der Waals surface area contributed by atoms with Gasteiger partial charge in [-0.3, -0.25) is 9.69 Å². The van der Waals surface area contributed by atoms with Crippen LogP contribution in [0.2, 0.25) is 0 Å². The molecule has 2 aromatic rings. The molecule has 6 heteroatoms. The van der Waals surface area contributed by atoms with Crippen LogP contribution in [-0.4, -0.2) is 45.1 Å². The Morgan fingerprint density at radius 1 is 1.30 bits per heavy atom. The van der Waals surface area contributed by atoms with Crippen molar-refractivity contribution in [2.24, 2.45) is 5.73 Å². The minimum atomic E-state index is -0.587. The zero-order chi connectivity index (χ0) is 16.2. The Balaban J connectivity index is 1.59. The molecule has 0 bridgehead atoms. The lowest BCUT2D eigenvalue weighted by atomic mass is 9.99. The lowest BCUT2D eigenvalue weighted by Crippen LogP contribution is -2.37. The van der Waals surface area contributed by atoms with Gasteiger partial charge >= 0.3 is 0 Å². The Bertz CT molecular complexity index is 704. The van der Waals surface area contributed by atoms with Gasteiger partial charge in [0, 0.05) is 32.3 Å². The average Bonchev–Trinajstić information content (AvgIpc) is 2.55. The highest BCUT2D eigenvalue weighted by Crippen LogP contribution is 2.18. The van der Waals surface area contributed by atoms with Crippen molar-refractivity contribution in [3.8, 4) is 0 Å². The van der Waals surface area contributed by atoms with Gasteiger partial charge in [0.05, 0.1) is 6.10 Å². The smallest absolute Gasteiger partial charge is 0.267 e. The summed E-state index contributed by atoms with van der Waals surface area (Å²) >= 11 is 0. The molecule has 1 aliphatic rings. The van der Waals surface area contributed by atoms with Gasteiger partial charge in [0.1, 0.15) is 11.5 Å². The number of aliphatic hydroxyl groups is 1. The van der Waals surface area contributed by atoms with E-state index in [1.165, 1.54) is 23.4 Å². The Morgan fingerprint density at radius 2 is 2.09 bits per heavy atom.